The molecule has 0 amide bonds. The number of piperidine rings is 2. The van der Waals surface area contributed by atoms with E-state index in [0.717, 1.165) is 26.2 Å². The van der Waals surface area contributed by atoms with Gasteiger partial charge in [0.25, 0.3) is 0 Å². The largest absolute Gasteiger partial charge is 0.354 e. The Morgan fingerprint density at radius 2 is 1.09 bits per heavy atom. The van der Waals surface area contributed by atoms with Gasteiger partial charge in [0.1, 0.15) is 37.6 Å². The van der Waals surface area contributed by atoms with Crippen molar-refractivity contribution in [2.45, 2.75) is 101 Å². The number of ether oxygens (including phenoxy) is 2. The van der Waals surface area contributed by atoms with Crippen LogP contribution in [0.25, 0.3) is 0 Å². The molecule has 11 aliphatic rings. The number of fused-ring (bicyclic) bond motifs is 6. The van der Waals surface area contributed by atoms with Crippen molar-refractivity contribution in [3.05, 3.63) is 106 Å². The van der Waals surface area contributed by atoms with Crippen LogP contribution in [0, 0.1) is 51.4 Å². The fourth-order valence-corrected chi connectivity index (χ4v) is 17.0. The highest BCUT2D eigenvalue weighted by molar-refractivity contribution is 5.73. The first-order valence-corrected chi connectivity index (χ1v) is 21.6. The Balaban J connectivity index is 1.14. The van der Waals surface area contributed by atoms with Gasteiger partial charge in [0, 0.05) is 60.7 Å². The molecule has 4 unspecified atom stereocenters. The first kappa shape index (κ1) is 32.0. The van der Waals surface area contributed by atoms with Gasteiger partial charge in [-0.25, -0.2) is 0 Å². The first-order valence-electron chi connectivity index (χ1n) is 21.6. The molecule has 9 aliphatic heterocycles. The molecule has 4 bridgehead atoms. The lowest BCUT2D eigenvalue weighted by Gasteiger charge is -2.65. The minimum atomic E-state index is 0.0215. The van der Waals surface area contributed by atoms with Crippen molar-refractivity contribution in [2.24, 2.45) is 23.7 Å². The Morgan fingerprint density at radius 1 is 0.667 bits per heavy atom. The zero-order valence-corrected chi connectivity index (χ0v) is 32.9. The van der Waals surface area contributed by atoms with Crippen molar-refractivity contribution < 1.29 is 18.4 Å². The molecule has 2 aromatic carbocycles. The van der Waals surface area contributed by atoms with Crippen LogP contribution in [0.1, 0.15) is 59.1 Å². The monoisotopic (exact) mass is 722 g/mol. The number of hydrogen-bond acceptors (Lipinski definition) is 4. The third-order valence-corrected chi connectivity index (χ3v) is 18.9. The average Bonchev–Trinajstić information content (AvgIpc) is 3.75. The van der Waals surface area contributed by atoms with Crippen LogP contribution in [0.2, 0.25) is 0 Å². The predicted octanol–water partition coefficient (Wildman–Crippen LogP) is 6.90. The molecule has 13 rings (SSSR count). The summed E-state index contributed by atoms with van der Waals surface area (Å²) in [6, 6.07) is 12.4. The van der Waals surface area contributed by atoms with Gasteiger partial charge in [0.2, 0.25) is 0 Å². The van der Waals surface area contributed by atoms with Crippen LogP contribution in [0.5, 0.6) is 0 Å². The van der Waals surface area contributed by atoms with Gasteiger partial charge in [0.05, 0.1) is 62.3 Å². The Labute approximate surface area is 321 Å². The van der Waals surface area contributed by atoms with Gasteiger partial charge >= 0.3 is 0 Å². The molecular formula is C48H58N4O2+2. The molecule has 2 spiro atoms. The number of aryl methyl sites for hydroxylation is 4. The van der Waals surface area contributed by atoms with Crippen LogP contribution in [0.4, 0.5) is 11.4 Å². The van der Waals surface area contributed by atoms with E-state index in [9.17, 15) is 0 Å². The molecule has 7 fully saturated rings. The lowest BCUT2D eigenvalue weighted by Crippen LogP contribution is -2.78. The SMILES string of the molecule is C=CC[N+]12CC[C@]34c5cc(C)c(C)cc5N5C3[C@@H]3[C@@H](OCC=C(C1)[C@@H]3C[C@@H]42)N1c2cc(C)c(C)cc2[C@@]23CC[N+]4(CC=C)CC6=CCO[C@@H]5[C@@H](C12)[C@H]6C[C@@H]34. The number of rotatable bonds is 4. The van der Waals surface area contributed by atoms with Gasteiger partial charge < -0.3 is 28.2 Å². The number of benzene rings is 2. The van der Waals surface area contributed by atoms with Crippen molar-refractivity contribution in [3.63, 3.8) is 0 Å². The molecule has 6 nitrogen and oxygen atoms in total. The molecule has 0 N–H and O–H groups in total. The number of anilines is 2. The van der Waals surface area contributed by atoms with Gasteiger partial charge in [0.15, 0.2) is 0 Å². The van der Waals surface area contributed by atoms with Gasteiger partial charge in [-0.1, -0.05) is 37.4 Å². The second kappa shape index (κ2) is 10.0. The van der Waals surface area contributed by atoms with Gasteiger partial charge in [-0.2, -0.15) is 0 Å². The van der Waals surface area contributed by atoms with E-state index in [2.05, 4.69) is 99.2 Å². The highest BCUT2D eigenvalue weighted by atomic mass is 16.5. The van der Waals surface area contributed by atoms with Crippen LogP contribution >= 0.6 is 0 Å². The topological polar surface area (TPSA) is 24.9 Å². The number of quaternary nitrogens is 2. The minimum absolute atomic E-state index is 0.0215. The summed E-state index contributed by atoms with van der Waals surface area (Å²) in [5.74, 6) is 1.73. The summed E-state index contributed by atoms with van der Waals surface area (Å²) in [5.41, 5.74) is 15.5. The number of nitrogens with zero attached hydrogens (tertiary/aromatic N) is 4. The Morgan fingerprint density at radius 3 is 1.52 bits per heavy atom. The maximum atomic E-state index is 7.63. The van der Waals surface area contributed by atoms with Gasteiger partial charge in [-0.15, -0.1) is 0 Å². The van der Waals surface area contributed by atoms with Crippen molar-refractivity contribution >= 4 is 11.4 Å². The quantitative estimate of drug-likeness (QED) is 0.254. The molecule has 9 heterocycles. The fourth-order valence-electron chi connectivity index (χ4n) is 17.0. The molecule has 6 heteroatoms. The molecule has 0 aromatic heterocycles. The Kier molecular flexibility index (Phi) is 5.94. The molecule has 2 aromatic rings. The first-order chi connectivity index (χ1) is 26.2. The summed E-state index contributed by atoms with van der Waals surface area (Å²) in [6.45, 7) is 26.6. The predicted molar refractivity (Wildman–Crippen MR) is 213 cm³/mol. The number of hydrogen-bond donors (Lipinski definition) is 0. The highest BCUT2D eigenvalue weighted by Gasteiger charge is 2.80. The maximum Gasteiger partial charge on any atom is 0.136 e. The summed E-state index contributed by atoms with van der Waals surface area (Å²) < 4.78 is 17.6. The molecule has 280 valence electrons. The molecule has 0 radical (unpaired) electrons. The summed E-state index contributed by atoms with van der Waals surface area (Å²) in [4.78, 5) is 6.04. The maximum absolute atomic E-state index is 7.63. The molecule has 5 saturated heterocycles. The van der Waals surface area contributed by atoms with E-state index in [1.54, 1.807) is 22.3 Å². The molecule has 2 aliphatic carbocycles. The summed E-state index contributed by atoms with van der Waals surface area (Å²) in [6.07, 6.45) is 14.7. The second-order valence-corrected chi connectivity index (χ2v) is 20.2. The van der Waals surface area contributed by atoms with E-state index in [1.165, 1.54) is 81.4 Å². The van der Waals surface area contributed by atoms with Crippen LogP contribution < -0.4 is 9.80 Å². The average molecular weight is 723 g/mol. The van der Waals surface area contributed by atoms with Crippen LogP contribution in [0.3, 0.4) is 0 Å². The highest BCUT2D eigenvalue weighted by Crippen LogP contribution is 2.73. The lowest BCUT2D eigenvalue weighted by molar-refractivity contribution is -0.938. The van der Waals surface area contributed by atoms with Crippen molar-refractivity contribution in [3.8, 4) is 0 Å². The second-order valence-electron chi connectivity index (χ2n) is 20.2. The van der Waals surface area contributed by atoms with E-state index in [4.69, 9.17) is 9.47 Å². The van der Waals surface area contributed by atoms with E-state index < -0.39 is 0 Å². The standard InChI is InChI=1S/C48H58N4O2/c1-7-13-51-15-11-47-35-19-27(3)29(5)21-37(35)49-43(47)41-33(23-39(47)51)31(25-51)9-17-53-45(41)50-38-22-30(6)28(4)20-36(38)48-12-16-52(14-8-2)26-32-10-18-54-46(49)42(44(48)50)34(32)24-40(48)52/h7-10,19-22,33-34,39-46H,1-2,11-18,23-26H2,3-6H3/q+2/t33-,34-,39-,40-,41+,42+,43?,44?,45+,46+,47+,48+,51?,52?/m0/s1. The summed E-state index contributed by atoms with van der Waals surface area (Å²) in [7, 11) is 0. The normalized spacial score (nSPS) is 47.1. The van der Waals surface area contributed by atoms with Crippen molar-refractivity contribution in [1.82, 2.24) is 0 Å². The molecule has 14 atom stereocenters. The van der Waals surface area contributed by atoms with E-state index in [1.807, 2.05) is 0 Å². The van der Waals surface area contributed by atoms with E-state index in [0.29, 0.717) is 61.1 Å². The third kappa shape index (κ3) is 3.27. The van der Waals surface area contributed by atoms with Crippen LogP contribution in [-0.4, -0.2) is 98.1 Å². The Bertz CT molecular complexity index is 2020. The van der Waals surface area contributed by atoms with E-state index >= 15 is 0 Å². The Hall–Kier alpha value is -3.16. The smallest absolute Gasteiger partial charge is 0.136 e. The third-order valence-electron chi connectivity index (χ3n) is 18.9. The van der Waals surface area contributed by atoms with E-state index in [-0.39, 0.29) is 23.3 Å². The van der Waals surface area contributed by atoms with Crippen LogP contribution in [-0.2, 0) is 20.3 Å². The van der Waals surface area contributed by atoms with Crippen LogP contribution in [0.15, 0.2) is 72.9 Å². The molecule has 54 heavy (non-hydrogen) atoms. The lowest BCUT2D eigenvalue weighted by atomic mass is 9.52. The van der Waals surface area contributed by atoms with Gasteiger partial charge in [-0.3, -0.25) is 0 Å². The molecular weight excluding hydrogens is 665 g/mol. The minimum Gasteiger partial charge on any atom is -0.354 e. The summed E-state index contributed by atoms with van der Waals surface area (Å²) >= 11 is 0. The zero-order valence-electron chi connectivity index (χ0n) is 32.9. The van der Waals surface area contributed by atoms with Crippen molar-refractivity contribution in [1.29, 1.82) is 0 Å². The van der Waals surface area contributed by atoms with Gasteiger partial charge in [-0.05, 0) is 96.5 Å². The zero-order chi connectivity index (χ0) is 36.3. The molecule has 2 saturated carbocycles. The van der Waals surface area contributed by atoms with Crippen molar-refractivity contribution in [2.75, 3.05) is 62.3 Å². The fraction of sp³-hybridized carbons (Fsp3) is 0.583. The summed E-state index contributed by atoms with van der Waals surface area (Å²) in [5, 5.41) is 0.